The molecule has 27 heavy (non-hydrogen) atoms. The third kappa shape index (κ3) is 3.34. The summed E-state index contributed by atoms with van der Waals surface area (Å²) in [5, 5.41) is 10.4. The van der Waals surface area contributed by atoms with Crippen molar-refractivity contribution in [2.75, 3.05) is 14.2 Å². The van der Waals surface area contributed by atoms with Gasteiger partial charge in [-0.25, -0.2) is 4.98 Å². The van der Waals surface area contributed by atoms with Crippen LogP contribution < -0.4 is 9.47 Å². The fourth-order valence-corrected chi connectivity index (χ4v) is 3.71. The van der Waals surface area contributed by atoms with Gasteiger partial charge in [-0.1, -0.05) is 35.3 Å². The van der Waals surface area contributed by atoms with Crippen LogP contribution in [0.1, 0.15) is 18.3 Å². The van der Waals surface area contributed by atoms with Crippen molar-refractivity contribution < 1.29 is 9.47 Å². The molecular formula is C20H17Cl2N3O2. The Bertz CT molecular complexity index is 1080. The van der Waals surface area contributed by atoms with E-state index >= 15 is 0 Å². The summed E-state index contributed by atoms with van der Waals surface area (Å²) in [5.41, 5.74) is 2.74. The first-order valence-electron chi connectivity index (χ1n) is 8.23. The largest absolute Gasteiger partial charge is 0.494 e. The number of imidazole rings is 1. The number of methoxy groups -OCH3 is 2. The van der Waals surface area contributed by atoms with E-state index in [9.17, 15) is 5.26 Å². The molecule has 0 spiro atoms. The molecule has 0 aliphatic rings. The molecule has 1 heterocycles. The molecule has 0 radical (unpaired) electrons. The van der Waals surface area contributed by atoms with E-state index in [1.54, 1.807) is 12.1 Å². The summed E-state index contributed by atoms with van der Waals surface area (Å²) in [6.45, 7) is 2.68. The quantitative estimate of drug-likeness (QED) is 0.533. The number of hydrogen-bond donors (Lipinski definition) is 0. The third-order valence-corrected chi connectivity index (χ3v) is 4.82. The van der Waals surface area contributed by atoms with Crippen LogP contribution in [0.4, 0.5) is 0 Å². The topological polar surface area (TPSA) is 60.1 Å². The molecule has 0 unspecified atom stereocenters. The Morgan fingerprint density at radius 3 is 2.56 bits per heavy atom. The maximum atomic E-state index is 9.79. The molecule has 3 aromatic rings. The van der Waals surface area contributed by atoms with E-state index in [0.29, 0.717) is 40.0 Å². The van der Waals surface area contributed by atoms with E-state index in [2.05, 4.69) is 11.1 Å². The minimum absolute atomic E-state index is 0.250. The SMILES string of the molecule is CCn1c(/C(C#N)=C\c2cc(Cl)c(OC)c(Cl)c2OC)nc2ccccc21. The average molecular weight is 402 g/mol. The van der Waals surface area contributed by atoms with E-state index in [4.69, 9.17) is 32.7 Å². The molecule has 2 aromatic carbocycles. The Balaban J connectivity index is 2.24. The number of nitriles is 1. The number of fused-ring (bicyclic) bond motifs is 1. The zero-order chi connectivity index (χ0) is 19.6. The maximum absolute atomic E-state index is 9.79. The van der Waals surface area contributed by atoms with Gasteiger partial charge in [0.1, 0.15) is 16.8 Å². The van der Waals surface area contributed by atoms with Crippen LogP contribution >= 0.6 is 23.2 Å². The second kappa shape index (κ2) is 7.91. The van der Waals surface area contributed by atoms with Gasteiger partial charge in [-0.15, -0.1) is 0 Å². The zero-order valence-corrected chi connectivity index (χ0v) is 16.6. The molecular weight excluding hydrogens is 385 g/mol. The van der Waals surface area contributed by atoms with Crippen LogP contribution in [0.5, 0.6) is 11.5 Å². The second-order valence-electron chi connectivity index (χ2n) is 5.67. The van der Waals surface area contributed by atoms with Gasteiger partial charge in [0, 0.05) is 12.1 Å². The molecule has 0 amide bonds. The standard InChI is InChI=1S/C20H17Cl2N3O2/c1-4-25-16-8-6-5-7-15(16)24-20(25)13(11-23)9-12-10-14(21)19(27-3)17(22)18(12)26-2/h5-10H,4H2,1-3H3/b13-9-. The first kappa shape index (κ1) is 19.1. The summed E-state index contributed by atoms with van der Waals surface area (Å²) in [5.74, 6) is 1.28. The highest BCUT2D eigenvalue weighted by atomic mass is 35.5. The molecule has 0 saturated carbocycles. The molecule has 0 aliphatic carbocycles. The highest BCUT2D eigenvalue weighted by Crippen LogP contribution is 2.43. The number of nitrogens with zero attached hydrogens (tertiary/aromatic N) is 3. The molecule has 138 valence electrons. The van der Waals surface area contributed by atoms with Gasteiger partial charge in [-0.05, 0) is 31.2 Å². The lowest BCUT2D eigenvalue weighted by Gasteiger charge is -2.13. The first-order valence-corrected chi connectivity index (χ1v) is 8.98. The normalized spacial score (nSPS) is 11.5. The summed E-state index contributed by atoms with van der Waals surface area (Å²) >= 11 is 12.6. The molecule has 0 saturated heterocycles. The smallest absolute Gasteiger partial charge is 0.159 e. The number of aryl methyl sites for hydroxylation is 1. The molecule has 7 heteroatoms. The van der Waals surface area contributed by atoms with E-state index in [-0.39, 0.29) is 5.02 Å². The van der Waals surface area contributed by atoms with Gasteiger partial charge in [0.25, 0.3) is 0 Å². The Hall–Kier alpha value is -2.68. The molecule has 0 fully saturated rings. The lowest BCUT2D eigenvalue weighted by atomic mass is 10.1. The maximum Gasteiger partial charge on any atom is 0.159 e. The van der Waals surface area contributed by atoms with Crippen molar-refractivity contribution in [2.45, 2.75) is 13.5 Å². The fourth-order valence-electron chi connectivity index (χ4n) is 3.01. The van der Waals surface area contributed by atoms with Crippen LogP contribution in [0, 0.1) is 11.3 Å². The van der Waals surface area contributed by atoms with Gasteiger partial charge in [-0.3, -0.25) is 0 Å². The summed E-state index contributed by atoms with van der Waals surface area (Å²) in [4.78, 5) is 4.63. The van der Waals surface area contributed by atoms with E-state index < -0.39 is 0 Å². The van der Waals surface area contributed by atoms with Gasteiger partial charge >= 0.3 is 0 Å². The Morgan fingerprint density at radius 2 is 1.93 bits per heavy atom. The number of allylic oxidation sites excluding steroid dienone is 1. The van der Waals surface area contributed by atoms with Gasteiger partial charge in [0.2, 0.25) is 0 Å². The lowest BCUT2D eigenvalue weighted by Crippen LogP contribution is -2.01. The molecule has 5 nitrogen and oxygen atoms in total. The number of rotatable bonds is 5. The van der Waals surface area contributed by atoms with Gasteiger partial charge in [0.05, 0.1) is 35.8 Å². The number of halogens is 2. The summed E-state index contributed by atoms with van der Waals surface area (Å²) in [6, 6.07) is 11.6. The lowest BCUT2D eigenvalue weighted by molar-refractivity contribution is 0.394. The summed E-state index contributed by atoms with van der Waals surface area (Å²) < 4.78 is 12.6. The number of aromatic nitrogens is 2. The Kier molecular flexibility index (Phi) is 5.59. The molecule has 3 rings (SSSR count). The van der Waals surface area contributed by atoms with Crippen LogP contribution in [-0.2, 0) is 6.54 Å². The van der Waals surface area contributed by atoms with Crippen LogP contribution in [0.15, 0.2) is 30.3 Å². The predicted molar refractivity (Wildman–Crippen MR) is 108 cm³/mol. The summed E-state index contributed by atoms with van der Waals surface area (Å²) in [7, 11) is 2.98. The van der Waals surface area contributed by atoms with E-state index in [0.717, 1.165) is 11.0 Å². The molecule has 0 bridgehead atoms. The monoisotopic (exact) mass is 401 g/mol. The zero-order valence-electron chi connectivity index (χ0n) is 15.1. The van der Waals surface area contributed by atoms with Gasteiger partial charge < -0.3 is 14.0 Å². The van der Waals surface area contributed by atoms with Gasteiger partial charge in [0.15, 0.2) is 11.6 Å². The Labute approximate surface area is 167 Å². The van der Waals surface area contributed by atoms with E-state index in [1.165, 1.54) is 14.2 Å². The van der Waals surface area contributed by atoms with Crippen molar-refractivity contribution in [3.8, 4) is 17.6 Å². The first-order chi connectivity index (χ1) is 13.0. The van der Waals surface area contributed by atoms with E-state index in [1.807, 2.05) is 35.8 Å². The average Bonchev–Trinajstić information content (AvgIpc) is 3.04. The fraction of sp³-hybridized carbons (Fsp3) is 0.200. The number of benzene rings is 2. The second-order valence-corrected chi connectivity index (χ2v) is 6.45. The van der Waals surface area contributed by atoms with Crippen LogP contribution in [0.2, 0.25) is 10.0 Å². The molecule has 0 aliphatic heterocycles. The number of hydrogen-bond acceptors (Lipinski definition) is 4. The van der Waals surface area contributed by atoms with Crippen molar-refractivity contribution >= 4 is 45.9 Å². The van der Waals surface area contributed by atoms with Crippen molar-refractivity contribution in [1.29, 1.82) is 5.26 Å². The highest BCUT2D eigenvalue weighted by molar-refractivity contribution is 6.38. The van der Waals surface area contributed by atoms with Crippen molar-refractivity contribution in [2.24, 2.45) is 0 Å². The van der Waals surface area contributed by atoms with Crippen molar-refractivity contribution in [3.63, 3.8) is 0 Å². The Morgan fingerprint density at radius 1 is 1.22 bits per heavy atom. The van der Waals surface area contributed by atoms with Crippen molar-refractivity contribution in [3.05, 3.63) is 51.8 Å². The number of ether oxygens (including phenoxy) is 2. The molecule has 0 atom stereocenters. The summed E-state index contributed by atoms with van der Waals surface area (Å²) in [6.07, 6.45) is 1.67. The van der Waals surface area contributed by atoms with Crippen LogP contribution in [-0.4, -0.2) is 23.8 Å². The predicted octanol–water partition coefficient (Wildman–Crippen LogP) is 5.44. The van der Waals surface area contributed by atoms with Gasteiger partial charge in [-0.2, -0.15) is 5.26 Å². The third-order valence-electron chi connectivity index (χ3n) is 4.20. The minimum atomic E-state index is 0.250. The minimum Gasteiger partial charge on any atom is -0.494 e. The van der Waals surface area contributed by atoms with Crippen LogP contribution in [0.25, 0.3) is 22.7 Å². The molecule has 1 aromatic heterocycles. The highest BCUT2D eigenvalue weighted by Gasteiger charge is 2.19. The van der Waals surface area contributed by atoms with Crippen molar-refractivity contribution in [1.82, 2.24) is 9.55 Å². The van der Waals surface area contributed by atoms with Crippen LogP contribution in [0.3, 0.4) is 0 Å². The number of para-hydroxylation sites is 2. The molecule has 0 N–H and O–H groups in total.